The van der Waals surface area contributed by atoms with Gasteiger partial charge >= 0.3 is 0 Å². The predicted octanol–water partition coefficient (Wildman–Crippen LogP) is 4.68. The van der Waals surface area contributed by atoms with E-state index in [4.69, 9.17) is 4.74 Å². The molecule has 0 bridgehead atoms. The molecule has 0 spiro atoms. The van der Waals surface area contributed by atoms with Crippen LogP contribution >= 0.6 is 0 Å². The van der Waals surface area contributed by atoms with Crippen molar-refractivity contribution in [3.63, 3.8) is 0 Å². The van der Waals surface area contributed by atoms with Crippen molar-refractivity contribution in [3.05, 3.63) is 59.4 Å². The van der Waals surface area contributed by atoms with E-state index in [2.05, 4.69) is 5.32 Å². The van der Waals surface area contributed by atoms with Crippen LogP contribution in [0.15, 0.2) is 36.4 Å². The van der Waals surface area contributed by atoms with Gasteiger partial charge in [-0.15, -0.1) is 0 Å². The summed E-state index contributed by atoms with van der Waals surface area (Å²) in [5.74, 6) is -1.10. The molecular weight excluding hydrogens is 279 g/mol. The Labute approximate surface area is 121 Å². The van der Waals surface area contributed by atoms with Crippen LogP contribution in [-0.2, 0) is 0 Å². The summed E-state index contributed by atoms with van der Waals surface area (Å²) in [5.41, 5.74) is 0.719. The number of anilines is 1. The first-order valence-electron chi connectivity index (χ1n) is 6.65. The fraction of sp³-hybridized carbons (Fsp3) is 0.250. The average Bonchev–Trinajstić information content (AvgIpc) is 2.44. The Kier molecular flexibility index (Phi) is 4.73. The molecule has 21 heavy (non-hydrogen) atoms. The zero-order chi connectivity index (χ0) is 15.4. The first-order chi connectivity index (χ1) is 10.0. The van der Waals surface area contributed by atoms with Crippen molar-refractivity contribution >= 4 is 5.69 Å². The van der Waals surface area contributed by atoms with Crippen LogP contribution in [0, 0.1) is 17.5 Å². The molecule has 0 heterocycles. The van der Waals surface area contributed by atoms with Gasteiger partial charge in [0.1, 0.15) is 23.2 Å². The molecule has 0 aliphatic carbocycles. The number of nitrogens with one attached hydrogen (secondary N) is 1. The smallest absolute Gasteiger partial charge is 0.145 e. The molecule has 0 saturated carbocycles. The monoisotopic (exact) mass is 295 g/mol. The number of hydrogen-bond donors (Lipinski definition) is 1. The minimum Gasteiger partial charge on any atom is -0.492 e. The van der Waals surface area contributed by atoms with Crippen molar-refractivity contribution in [2.45, 2.75) is 19.9 Å². The Bertz CT molecular complexity index is 631. The van der Waals surface area contributed by atoms with Crippen molar-refractivity contribution in [3.8, 4) is 5.75 Å². The molecule has 0 fully saturated rings. The number of halogens is 3. The molecule has 1 N–H and O–H groups in total. The molecule has 0 aromatic heterocycles. The van der Waals surface area contributed by atoms with Gasteiger partial charge in [0.05, 0.1) is 18.3 Å². The number of rotatable bonds is 5. The summed E-state index contributed by atoms with van der Waals surface area (Å²) in [5, 5.41) is 3.01. The van der Waals surface area contributed by atoms with Gasteiger partial charge in [0.15, 0.2) is 0 Å². The van der Waals surface area contributed by atoms with E-state index >= 15 is 0 Å². The largest absolute Gasteiger partial charge is 0.492 e. The summed E-state index contributed by atoms with van der Waals surface area (Å²) in [7, 11) is 0. The summed E-state index contributed by atoms with van der Waals surface area (Å²) >= 11 is 0. The molecular formula is C16H16F3NO. The first-order valence-corrected chi connectivity index (χ1v) is 6.65. The molecule has 5 heteroatoms. The second-order valence-electron chi connectivity index (χ2n) is 4.61. The highest BCUT2D eigenvalue weighted by Crippen LogP contribution is 2.30. The van der Waals surface area contributed by atoms with E-state index in [-0.39, 0.29) is 5.56 Å². The molecule has 0 aliphatic heterocycles. The minimum atomic E-state index is -0.510. The molecule has 2 aromatic carbocycles. The summed E-state index contributed by atoms with van der Waals surface area (Å²) in [6, 6.07) is 6.82. The van der Waals surface area contributed by atoms with Gasteiger partial charge in [-0.05, 0) is 44.2 Å². The first kappa shape index (κ1) is 15.2. The Balaban J connectivity index is 2.26. The van der Waals surface area contributed by atoms with E-state index in [0.29, 0.717) is 18.0 Å². The molecule has 2 aromatic rings. The van der Waals surface area contributed by atoms with Crippen molar-refractivity contribution in [2.24, 2.45) is 0 Å². The molecule has 112 valence electrons. The summed E-state index contributed by atoms with van der Waals surface area (Å²) < 4.78 is 45.5. The maximum Gasteiger partial charge on any atom is 0.145 e. The minimum absolute atomic E-state index is 0.196. The Morgan fingerprint density at radius 1 is 1.05 bits per heavy atom. The van der Waals surface area contributed by atoms with Crippen molar-refractivity contribution in [1.82, 2.24) is 0 Å². The molecule has 1 atom stereocenters. The van der Waals surface area contributed by atoms with Crippen LogP contribution in [0.3, 0.4) is 0 Å². The second kappa shape index (κ2) is 6.52. The van der Waals surface area contributed by atoms with Gasteiger partial charge in [0.25, 0.3) is 0 Å². The van der Waals surface area contributed by atoms with Gasteiger partial charge in [-0.25, -0.2) is 13.2 Å². The van der Waals surface area contributed by atoms with Gasteiger partial charge in [-0.1, -0.05) is 0 Å². The molecule has 0 amide bonds. The van der Waals surface area contributed by atoms with Gasteiger partial charge in [-0.2, -0.15) is 0 Å². The SMILES string of the molecule is CCOc1cc(F)ccc1NC(C)c1cc(F)ccc1F. The molecule has 0 saturated heterocycles. The number of benzene rings is 2. The lowest BCUT2D eigenvalue weighted by Gasteiger charge is -2.19. The van der Waals surface area contributed by atoms with Crippen LogP contribution in [0.1, 0.15) is 25.5 Å². The topological polar surface area (TPSA) is 21.3 Å². The zero-order valence-corrected chi connectivity index (χ0v) is 11.8. The van der Waals surface area contributed by atoms with E-state index < -0.39 is 23.5 Å². The summed E-state index contributed by atoms with van der Waals surface area (Å²) in [6.45, 7) is 3.85. The fourth-order valence-electron chi connectivity index (χ4n) is 2.05. The number of ether oxygens (including phenoxy) is 1. The molecule has 1 unspecified atom stereocenters. The Morgan fingerprint density at radius 2 is 1.71 bits per heavy atom. The van der Waals surface area contributed by atoms with Crippen LogP contribution in [0.4, 0.5) is 18.9 Å². The van der Waals surface area contributed by atoms with E-state index in [1.54, 1.807) is 13.8 Å². The lowest BCUT2D eigenvalue weighted by atomic mass is 10.1. The van der Waals surface area contributed by atoms with Crippen molar-refractivity contribution < 1.29 is 17.9 Å². The third-order valence-corrected chi connectivity index (χ3v) is 3.04. The highest BCUT2D eigenvalue weighted by molar-refractivity contribution is 5.57. The lowest BCUT2D eigenvalue weighted by molar-refractivity contribution is 0.339. The molecule has 2 rings (SSSR count). The quantitative estimate of drug-likeness (QED) is 0.865. The van der Waals surface area contributed by atoms with E-state index in [9.17, 15) is 13.2 Å². The summed E-state index contributed by atoms with van der Waals surface area (Å²) in [6.07, 6.45) is 0. The third-order valence-electron chi connectivity index (χ3n) is 3.04. The van der Waals surface area contributed by atoms with Crippen molar-refractivity contribution in [1.29, 1.82) is 0 Å². The average molecular weight is 295 g/mol. The molecule has 2 nitrogen and oxygen atoms in total. The van der Waals surface area contributed by atoms with Crippen LogP contribution in [0.5, 0.6) is 5.75 Å². The Morgan fingerprint density at radius 3 is 2.43 bits per heavy atom. The van der Waals surface area contributed by atoms with Crippen LogP contribution in [0.2, 0.25) is 0 Å². The van der Waals surface area contributed by atoms with Gasteiger partial charge < -0.3 is 10.1 Å². The third kappa shape index (κ3) is 3.68. The summed E-state index contributed by atoms with van der Waals surface area (Å²) in [4.78, 5) is 0. The van der Waals surface area contributed by atoms with E-state index in [1.807, 2.05) is 0 Å². The highest BCUT2D eigenvalue weighted by Gasteiger charge is 2.14. The normalized spacial score (nSPS) is 12.0. The predicted molar refractivity (Wildman–Crippen MR) is 76.0 cm³/mol. The second-order valence-corrected chi connectivity index (χ2v) is 4.61. The van der Waals surface area contributed by atoms with Crippen molar-refractivity contribution in [2.75, 3.05) is 11.9 Å². The van der Waals surface area contributed by atoms with Gasteiger partial charge in [0, 0.05) is 11.6 Å². The highest BCUT2D eigenvalue weighted by atomic mass is 19.1. The lowest BCUT2D eigenvalue weighted by Crippen LogP contribution is -2.10. The maximum atomic E-state index is 13.7. The Hall–Kier alpha value is -2.17. The van der Waals surface area contributed by atoms with E-state index in [1.165, 1.54) is 18.2 Å². The zero-order valence-electron chi connectivity index (χ0n) is 11.8. The van der Waals surface area contributed by atoms with Crippen LogP contribution in [0.25, 0.3) is 0 Å². The van der Waals surface area contributed by atoms with Crippen LogP contribution in [-0.4, -0.2) is 6.61 Å². The number of hydrogen-bond acceptors (Lipinski definition) is 2. The molecule has 0 aliphatic rings. The van der Waals surface area contributed by atoms with E-state index in [0.717, 1.165) is 18.2 Å². The maximum absolute atomic E-state index is 13.7. The fourth-order valence-corrected chi connectivity index (χ4v) is 2.05. The van der Waals surface area contributed by atoms with Crippen LogP contribution < -0.4 is 10.1 Å². The standard InChI is InChI=1S/C16H16F3NO/c1-3-21-16-9-12(18)5-7-15(16)20-10(2)13-8-11(17)4-6-14(13)19/h4-10,20H,3H2,1-2H3. The molecule has 0 radical (unpaired) electrons. The van der Waals surface area contributed by atoms with Gasteiger partial charge in [0.2, 0.25) is 0 Å². The van der Waals surface area contributed by atoms with Gasteiger partial charge in [-0.3, -0.25) is 0 Å².